The van der Waals surface area contributed by atoms with Gasteiger partial charge < -0.3 is 4.90 Å². The first-order valence-corrected chi connectivity index (χ1v) is 8.65. The van der Waals surface area contributed by atoms with Crippen LogP contribution >= 0.6 is 0 Å². The van der Waals surface area contributed by atoms with Crippen LogP contribution < -0.4 is 14.9 Å². The molecule has 2 aromatic rings. The third-order valence-electron chi connectivity index (χ3n) is 3.85. The number of carbonyl (C=O) groups is 1. The molecule has 0 saturated carbocycles. The molecule has 0 aliphatic carbocycles. The van der Waals surface area contributed by atoms with Crippen LogP contribution in [-0.2, 0) is 14.8 Å². The highest BCUT2D eigenvalue weighted by Gasteiger charge is 2.29. The SMILES string of the molecule is Cc1cc(S(N)(=O)=O)ccc1N1CN(c2ccccc2)CC1=O. The number of primary sulfonamides is 1. The average Bonchev–Trinajstić information content (AvgIpc) is 2.89. The summed E-state index contributed by atoms with van der Waals surface area (Å²) in [5, 5.41) is 5.14. The number of carbonyl (C=O) groups excluding carboxylic acids is 1. The molecule has 1 saturated heterocycles. The first-order chi connectivity index (χ1) is 10.9. The normalized spacial score (nSPS) is 15.3. The lowest BCUT2D eigenvalue weighted by atomic mass is 10.2. The van der Waals surface area contributed by atoms with E-state index in [0.29, 0.717) is 24.5 Å². The van der Waals surface area contributed by atoms with Gasteiger partial charge in [0.1, 0.15) is 0 Å². The van der Waals surface area contributed by atoms with Crippen molar-refractivity contribution in [2.24, 2.45) is 5.14 Å². The molecule has 0 aromatic heterocycles. The highest BCUT2D eigenvalue weighted by Crippen LogP contribution is 2.28. The molecule has 1 aliphatic rings. The van der Waals surface area contributed by atoms with Gasteiger partial charge in [-0.25, -0.2) is 13.6 Å². The summed E-state index contributed by atoms with van der Waals surface area (Å²) in [7, 11) is -3.75. The molecular weight excluding hydrogens is 314 g/mol. The van der Waals surface area contributed by atoms with Crippen molar-refractivity contribution in [3.63, 3.8) is 0 Å². The molecular formula is C16H17N3O3S. The average molecular weight is 331 g/mol. The van der Waals surface area contributed by atoms with Crippen LogP contribution in [0.25, 0.3) is 0 Å². The Balaban J connectivity index is 1.89. The molecule has 1 aliphatic heterocycles. The molecule has 120 valence electrons. The molecule has 7 heteroatoms. The Morgan fingerprint density at radius 1 is 1.09 bits per heavy atom. The molecule has 1 fully saturated rings. The lowest BCUT2D eigenvalue weighted by molar-refractivity contribution is -0.115. The van der Waals surface area contributed by atoms with E-state index in [4.69, 9.17) is 5.14 Å². The minimum atomic E-state index is -3.75. The Morgan fingerprint density at radius 3 is 2.39 bits per heavy atom. The molecule has 1 heterocycles. The van der Waals surface area contributed by atoms with Crippen LogP contribution in [-0.4, -0.2) is 27.5 Å². The van der Waals surface area contributed by atoms with Crippen LogP contribution in [0.4, 0.5) is 11.4 Å². The third-order valence-corrected chi connectivity index (χ3v) is 4.76. The van der Waals surface area contributed by atoms with Gasteiger partial charge in [0.2, 0.25) is 15.9 Å². The number of anilines is 2. The molecule has 0 atom stereocenters. The van der Waals surface area contributed by atoms with Crippen molar-refractivity contribution >= 4 is 27.3 Å². The van der Waals surface area contributed by atoms with E-state index in [0.717, 1.165) is 5.69 Å². The number of para-hydroxylation sites is 1. The van der Waals surface area contributed by atoms with Crippen LogP contribution in [0, 0.1) is 6.92 Å². The highest BCUT2D eigenvalue weighted by molar-refractivity contribution is 7.89. The Bertz CT molecular complexity index is 850. The zero-order chi connectivity index (χ0) is 16.6. The quantitative estimate of drug-likeness (QED) is 0.923. The maximum Gasteiger partial charge on any atom is 0.248 e. The first-order valence-electron chi connectivity index (χ1n) is 7.10. The van der Waals surface area contributed by atoms with Gasteiger partial charge in [0.25, 0.3) is 0 Å². The fraction of sp³-hybridized carbons (Fsp3) is 0.188. The second-order valence-corrected chi connectivity index (χ2v) is 7.05. The Labute approximate surface area is 135 Å². The van der Waals surface area contributed by atoms with Gasteiger partial charge in [-0.15, -0.1) is 0 Å². The maximum atomic E-state index is 12.3. The van der Waals surface area contributed by atoms with Gasteiger partial charge in [-0.1, -0.05) is 18.2 Å². The van der Waals surface area contributed by atoms with Gasteiger partial charge >= 0.3 is 0 Å². The summed E-state index contributed by atoms with van der Waals surface area (Å²) < 4.78 is 22.8. The van der Waals surface area contributed by atoms with Crippen LogP contribution in [0.1, 0.15) is 5.56 Å². The van der Waals surface area contributed by atoms with Crippen molar-refractivity contribution in [3.05, 3.63) is 54.1 Å². The third kappa shape index (κ3) is 3.06. The van der Waals surface area contributed by atoms with Gasteiger partial charge in [-0.05, 0) is 42.8 Å². The van der Waals surface area contributed by atoms with E-state index >= 15 is 0 Å². The zero-order valence-corrected chi connectivity index (χ0v) is 13.5. The van der Waals surface area contributed by atoms with Crippen LogP contribution in [0.5, 0.6) is 0 Å². The molecule has 0 radical (unpaired) electrons. The lowest BCUT2D eigenvalue weighted by Crippen LogP contribution is -2.27. The topological polar surface area (TPSA) is 83.7 Å². The molecule has 6 nitrogen and oxygen atoms in total. The van der Waals surface area contributed by atoms with Crippen molar-refractivity contribution in [1.82, 2.24) is 0 Å². The number of hydrogen-bond donors (Lipinski definition) is 1. The smallest absolute Gasteiger partial charge is 0.248 e. The number of sulfonamides is 1. The molecule has 0 bridgehead atoms. The van der Waals surface area contributed by atoms with E-state index in [9.17, 15) is 13.2 Å². The molecule has 0 unspecified atom stereocenters. The Kier molecular flexibility index (Phi) is 3.83. The summed E-state index contributed by atoms with van der Waals surface area (Å²) in [6.07, 6.45) is 0. The summed E-state index contributed by atoms with van der Waals surface area (Å²) in [6.45, 7) is 2.49. The predicted molar refractivity (Wildman–Crippen MR) is 88.7 cm³/mol. The largest absolute Gasteiger partial charge is 0.344 e. The van der Waals surface area contributed by atoms with Crippen LogP contribution in [0.15, 0.2) is 53.4 Å². The summed E-state index contributed by atoms with van der Waals surface area (Å²) in [6, 6.07) is 14.2. The summed E-state index contributed by atoms with van der Waals surface area (Å²) >= 11 is 0. The Morgan fingerprint density at radius 2 is 1.78 bits per heavy atom. The fourth-order valence-electron chi connectivity index (χ4n) is 2.68. The van der Waals surface area contributed by atoms with E-state index in [2.05, 4.69) is 0 Å². The summed E-state index contributed by atoms with van der Waals surface area (Å²) in [4.78, 5) is 16.0. The van der Waals surface area contributed by atoms with E-state index in [-0.39, 0.29) is 10.8 Å². The van der Waals surface area contributed by atoms with Gasteiger partial charge in [-0.2, -0.15) is 0 Å². The first kappa shape index (κ1) is 15.5. The number of hydrogen-bond acceptors (Lipinski definition) is 4. The standard InChI is InChI=1S/C16H17N3O3S/c1-12-9-14(23(17,21)22)7-8-15(12)19-11-18(10-16(19)20)13-5-3-2-4-6-13/h2-9H,10-11H2,1H3,(H2,17,21,22). The second kappa shape index (κ2) is 5.68. The number of nitrogens with two attached hydrogens (primary N) is 1. The maximum absolute atomic E-state index is 12.3. The van der Waals surface area contributed by atoms with Gasteiger partial charge in [0.15, 0.2) is 0 Å². The number of nitrogens with zero attached hydrogens (tertiary/aromatic N) is 2. The van der Waals surface area contributed by atoms with E-state index < -0.39 is 10.0 Å². The van der Waals surface area contributed by atoms with Crippen molar-refractivity contribution in [3.8, 4) is 0 Å². The van der Waals surface area contributed by atoms with Crippen molar-refractivity contribution in [1.29, 1.82) is 0 Å². The minimum Gasteiger partial charge on any atom is -0.344 e. The molecule has 0 spiro atoms. The second-order valence-electron chi connectivity index (χ2n) is 5.49. The van der Waals surface area contributed by atoms with Crippen molar-refractivity contribution in [2.75, 3.05) is 23.0 Å². The fourth-order valence-corrected chi connectivity index (χ4v) is 3.28. The van der Waals surface area contributed by atoms with Gasteiger partial charge in [0, 0.05) is 11.4 Å². The van der Waals surface area contributed by atoms with Crippen molar-refractivity contribution in [2.45, 2.75) is 11.8 Å². The number of aryl methyl sites for hydroxylation is 1. The zero-order valence-electron chi connectivity index (χ0n) is 12.6. The number of amides is 1. The van der Waals surface area contributed by atoms with Gasteiger partial charge in [-0.3, -0.25) is 9.69 Å². The number of rotatable bonds is 3. The van der Waals surface area contributed by atoms with E-state index in [1.807, 2.05) is 35.2 Å². The van der Waals surface area contributed by atoms with Gasteiger partial charge in [0.05, 0.1) is 18.1 Å². The molecule has 23 heavy (non-hydrogen) atoms. The monoisotopic (exact) mass is 331 g/mol. The van der Waals surface area contributed by atoms with Crippen molar-refractivity contribution < 1.29 is 13.2 Å². The van der Waals surface area contributed by atoms with E-state index in [1.165, 1.54) is 12.1 Å². The molecule has 2 N–H and O–H groups in total. The van der Waals surface area contributed by atoms with E-state index in [1.54, 1.807) is 17.9 Å². The predicted octanol–water partition coefficient (Wildman–Crippen LogP) is 1.45. The molecule has 1 amide bonds. The minimum absolute atomic E-state index is 0.0275. The number of benzene rings is 2. The summed E-state index contributed by atoms with van der Waals surface area (Å²) in [5.41, 5.74) is 2.36. The Hall–Kier alpha value is -2.38. The van der Waals surface area contributed by atoms with Crippen LogP contribution in [0.3, 0.4) is 0 Å². The highest BCUT2D eigenvalue weighted by atomic mass is 32.2. The van der Waals surface area contributed by atoms with Crippen LogP contribution in [0.2, 0.25) is 0 Å². The summed E-state index contributed by atoms with van der Waals surface area (Å²) in [5.74, 6) is -0.0275. The molecule has 2 aromatic carbocycles. The lowest BCUT2D eigenvalue weighted by Gasteiger charge is -2.21. The molecule has 3 rings (SSSR count).